The molecule has 0 aliphatic carbocycles. The van der Waals surface area contributed by atoms with Gasteiger partial charge in [-0.1, -0.05) is 5.21 Å². The Balaban J connectivity index is 2.25. The van der Waals surface area contributed by atoms with Crippen molar-refractivity contribution < 1.29 is 9.47 Å². The number of rotatable bonds is 5. The molecule has 1 unspecified atom stereocenters. The normalized spacial score (nSPS) is 12.2. The van der Waals surface area contributed by atoms with Crippen molar-refractivity contribution in [2.24, 2.45) is 0 Å². The minimum absolute atomic E-state index is 0.152. The van der Waals surface area contributed by atoms with E-state index in [0.29, 0.717) is 6.54 Å². The van der Waals surface area contributed by atoms with E-state index < -0.39 is 0 Å². The minimum atomic E-state index is -0.152. The fourth-order valence-electron chi connectivity index (χ4n) is 1.75. The molecule has 0 radical (unpaired) electrons. The summed E-state index contributed by atoms with van der Waals surface area (Å²) < 4.78 is 12.3. The molecule has 0 fully saturated rings. The molecule has 5 nitrogen and oxygen atoms in total. The van der Waals surface area contributed by atoms with Crippen LogP contribution >= 0.6 is 11.6 Å². The number of hydrogen-bond acceptors (Lipinski definition) is 4. The number of halogens is 1. The van der Waals surface area contributed by atoms with Crippen LogP contribution in [0.1, 0.15) is 23.6 Å². The topological polar surface area (TPSA) is 49.2 Å². The molecule has 19 heavy (non-hydrogen) atoms. The molecule has 2 rings (SSSR count). The van der Waals surface area contributed by atoms with Crippen molar-refractivity contribution in [2.75, 3.05) is 14.2 Å². The van der Waals surface area contributed by atoms with Crippen LogP contribution in [0.3, 0.4) is 0 Å². The molecule has 0 spiro atoms. The van der Waals surface area contributed by atoms with Gasteiger partial charge >= 0.3 is 0 Å². The summed E-state index contributed by atoms with van der Waals surface area (Å²) in [4.78, 5) is 0. The predicted molar refractivity (Wildman–Crippen MR) is 72.9 cm³/mol. The zero-order chi connectivity index (χ0) is 13.8. The van der Waals surface area contributed by atoms with Gasteiger partial charge < -0.3 is 9.47 Å². The molecule has 1 aromatic carbocycles. The molecule has 0 bridgehead atoms. The maximum Gasteiger partial charge on any atom is 0.124 e. The van der Waals surface area contributed by atoms with Gasteiger partial charge in [0, 0.05) is 5.56 Å². The molecule has 0 saturated heterocycles. The van der Waals surface area contributed by atoms with Gasteiger partial charge in [0.25, 0.3) is 0 Å². The quantitative estimate of drug-likeness (QED) is 0.791. The van der Waals surface area contributed by atoms with Crippen molar-refractivity contribution in [3.05, 3.63) is 35.7 Å². The Morgan fingerprint density at radius 1 is 1.32 bits per heavy atom. The number of benzene rings is 1. The van der Waals surface area contributed by atoms with Gasteiger partial charge in [0.05, 0.1) is 32.3 Å². The predicted octanol–water partition coefficient (Wildman–Crippen LogP) is 2.64. The maximum absolute atomic E-state index is 5.97. The smallest absolute Gasteiger partial charge is 0.124 e. The van der Waals surface area contributed by atoms with Crippen LogP contribution in [0.2, 0.25) is 0 Å². The highest BCUT2D eigenvalue weighted by molar-refractivity contribution is 6.20. The number of alkyl halides is 1. The van der Waals surface area contributed by atoms with E-state index in [0.717, 1.165) is 22.8 Å². The third-order valence-corrected chi connectivity index (χ3v) is 3.01. The Morgan fingerprint density at radius 2 is 2.11 bits per heavy atom. The molecule has 2 aromatic rings. The average Bonchev–Trinajstić information content (AvgIpc) is 2.87. The molecule has 1 heterocycles. The van der Waals surface area contributed by atoms with Gasteiger partial charge in [-0.15, -0.1) is 16.7 Å². The first kappa shape index (κ1) is 13.7. The lowest BCUT2D eigenvalue weighted by molar-refractivity contribution is 0.396. The summed E-state index contributed by atoms with van der Waals surface area (Å²) in [6.07, 6.45) is 1.83. The Kier molecular flexibility index (Phi) is 4.27. The van der Waals surface area contributed by atoms with Gasteiger partial charge in [0.1, 0.15) is 17.2 Å². The van der Waals surface area contributed by atoms with E-state index in [2.05, 4.69) is 10.3 Å². The molecule has 0 N–H and O–H groups in total. The van der Waals surface area contributed by atoms with Crippen LogP contribution < -0.4 is 9.47 Å². The van der Waals surface area contributed by atoms with Crippen LogP contribution in [0.15, 0.2) is 24.4 Å². The van der Waals surface area contributed by atoms with Crippen LogP contribution in [0.25, 0.3) is 0 Å². The van der Waals surface area contributed by atoms with Crippen molar-refractivity contribution >= 4 is 11.6 Å². The second-order valence-corrected chi connectivity index (χ2v) is 4.79. The van der Waals surface area contributed by atoms with Crippen molar-refractivity contribution in [3.8, 4) is 11.5 Å². The Hall–Kier alpha value is -1.75. The summed E-state index contributed by atoms with van der Waals surface area (Å²) in [5, 5.41) is 7.92. The lowest BCUT2D eigenvalue weighted by Gasteiger charge is -2.10. The van der Waals surface area contributed by atoms with E-state index in [1.807, 2.05) is 31.3 Å². The van der Waals surface area contributed by atoms with E-state index in [1.165, 1.54) is 0 Å². The van der Waals surface area contributed by atoms with Crippen molar-refractivity contribution in [3.63, 3.8) is 0 Å². The average molecular weight is 282 g/mol. The van der Waals surface area contributed by atoms with Crippen LogP contribution in [0.5, 0.6) is 11.5 Å². The Labute approximate surface area is 117 Å². The molecule has 1 atom stereocenters. The number of hydrogen-bond donors (Lipinski definition) is 0. The third kappa shape index (κ3) is 3.17. The van der Waals surface area contributed by atoms with Crippen LogP contribution in [-0.4, -0.2) is 29.2 Å². The number of aromatic nitrogens is 3. The van der Waals surface area contributed by atoms with Crippen molar-refractivity contribution in [1.29, 1.82) is 0 Å². The summed E-state index contributed by atoms with van der Waals surface area (Å²) in [6, 6.07) is 5.65. The summed E-state index contributed by atoms with van der Waals surface area (Å²) >= 11 is 5.97. The van der Waals surface area contributed by atoms with Gasteiger partial charge in [0.15, 0.2) is 0 Å². The number of methoxy groups -OCH3 is 2. The second kappa shape index (κ2) is 5.93. The van der Waals surface area contributed by atoms with Gasteiger partial charge in [0.2, 0.25) is 0 Å². The molecule has 0 amide bonds. The van der Waals surface area contributed by atoms with E-state index in [4.69, 9.17) is 21.1 Å². The Bertz CT molecular complexity index is 555. The van der Waals surface area contributed by atoms with E-state index in [1.54, 1.807) is 18.9 Å². The molecule has 102 valence electrons. The van der Waals surface area contributed by atoms with Gasteiger partial charge in [-0.3, -0.25) is 0 Å². The molecular formula is C13H16ClN3O2. The third-order valence-electron chi connectivity index (χ3n) is 2.78. The molecule has 0 aliphatic heterocycles. The lowest BCUT2D eigenvalue weighted by atomic mass is 10.2. The molecule has 0 saturated carbocycles. The standard InChI is InChI=1S/C13H16ClN3O2/c1-9(14)12-8-17(16-15-12)7-10-6-11(18-2)4-5-13(10)19-3/h4-6,8-9H,7H2,1-3H3. The van der Waals surface area contributed by atoms with Gasteiger partial charge in [-0.2, -0.15) is 0 Å². The van der Waals surface area contributed by atoms with Crippen LogP contribution in [0.4, 0.5) is 0 Å². The zero-order valence-electron chi connectivity index (χ0n) is 11.1. The van der Waals surface area contributed by atoms with E-state index in [-0.39, 0.29) is 5.38 Å². The molecule has 1 aromatic heterocycles. The van der Waals surface area contributed by atoms with Gasteiger partial charge in [-0.25, -0.2) is 4.68 Å². The largest absolute Gasteiger partial charge is 0.497 e. The summed E-state index contributed by atoms with van der Waals surface area (Å²) in [6.45, 7) is 2.42. The SMILES string of the molecule is COc1ccc(OC)c(Cn2cc(C(C)Cl)nn2)c1. The molecule has 6 heteroatoms. The van der Waals surface area contributed by atoms with Crippen LogP contribution in [0, 0.1) is 0 Å². The first-order valence-electron chi connectivity index (χ1n) is 5.89. The fraction of sp³-hybridized carbons (Fsp3) is 0.385. The molecular weight excluding hydrogens is 266 g/mol. The highest BCUT2D eigenvalue weighted by atomic mass is 35.5. The van der Waals surface area contributed by atoms with Crippen molar-refractivity contribution in [1.82, 2.24) is 15.0 Å². The van der Waals surface area contributed by atoms with Crippen molar-refractivity contribution in [2.45, 2.75) is 18.8 Å². The fourth-order valence-corrected chi connectivity index (χ4v) is 1.85. The van der Waals surface area contributed by atoms with E-state index in [9.17, 15) is 0 Å². The van der Waals surface area contributed by atoms with Gasteiger partial charge in [-0.05, 0) is 25.1 Å². The number of ether oxygens (including phenoxy) is 2. The monoisotopic (exact) mass is 281 g/mol. The first-order valence-corrected chi connectivity index (χ1v) is 6.32. The summed E-state index contributed by atoms with van der Waals surface area (Å²) in [7, 11) is 3.27. The highest BCUT2D eigenvalue weighted by Crippen LogP contribution is 2.25. The zero-order valence-corrected chi connectivity index (χ0v) is 11.9. The minimum Gasteiger partial charge on any atom is -0.497 e. The second-order valence-electron chi connectivity index (χ2n) is 4.13. The highest BCUT2D eigenvalue weighted by Gasteiger charge is 2.10. The maximum atomic E-state index is 5.97. The van der Waals surface area contributed by atoms with E-state index >= 15 is 0 Å². The summed E-state index contributed by atoms with van der Waals surface area (Å²) in [5.41, 5.74) is 1.73. The summed E-state index contributed by atoms with van der Waals surface area (Å²) in [5.74, 6) is 1.57. The first-order chi connectivity index (χ1) is 9.13. The number of nitrogens with zero attached hydrogens (tertiary/aromatic N) is 3. The Morgan fingerprint density at radius 3 is 2.68 bits per heavy atom. The lowest BCUT2D eigenvalue weighted by Crippen LogP contribution is -2.03. The van der Waals surface area contributed by atoms with Crippen LogP contribution in [-0.2, 0) is 6.54 Å². The molecule has 0 aliphatic rings.